The van der Waals surface area contributed by atoms with Crippen molar-refractivity contribution in [2.75, 3.05) is 0 Å². The predicted molar refractivity (Wildman–Crippen MR) is 141 cm³/mol. The number of hydrogen-bond acceptors (Lipinski definition) is 6. The van der Waals surface area contributed by atoms with Crippen molar-refractivity contribution in [2.45, 2.75) is 38.2 Å². The minimum atomic E-state index is -1.59. The molecule has 4 aromatic heterocycles. The zero-order chi connectivity index (χ0) is 25.1. The van der Waals surface area contributed by atoms with Gasteiger partial charge in [-0.05, 0) is 74.2 Å². The first-order valence-corrected chi connectivity index (χ1v) is 12.5. The summed E-state index contributed by atoms with van der Waals surface area (Å²) in [6, 6.07) is 19.5. The lowest BCUT2D eigenvalue weighted by atomic mass is 9.80. The SMILES string of the molecule is Cc1noc(C)c1-c1cc(C(O)(c2ccc3cccnc3c2)c2ccccn2)c2nc(C3CC3)[nH]c2c1. The van der Waals surface area contributed by atoms with Crippen molar-refractivity contribution in [3.63, 3.8) is 0 Å². The molecule has 1 aliphatic carbocycles. The van der Waals surface area contributed by atoms with E-state index >= 15 is 0 Å². The van der Waals surface area contributed by atoms with Crippen molar-refractivity contribution in [1.29, 1.82) is 0 Å². The third-order valence-corrected chi connectivity index (χ3v) is 7.34. The van der Waals surface area contributed by atoms with Crippen molar-refractivity contribution < 1.29 is 9.63 Å². The van der Waals surface area contributed by atoms with Crippen molar-refractivity contribution in [3.8, 4) is 11.1 Å². The Morgan fingerprint density at radius 2 is 1.84 bits per heavy atom. The number of nitrogens with zero attached hydrogens (tertiary/aromatic N) is 4. The lowest BCUT2D eigenvalue weighted by Gasteiger charge is -2.30. The minimum absolute atomic E-state index is 0.426. The van der Waals surface area contributed by atoms with Gasteiger partial charge < -0.3 is 14.6 Å². The molecule has 0 spiro atoms. The van der Waals surface area contributed by atoms with E-state index in [0.717, 1.165) is 63.2 Å². The maximum atomic E-state index is 12.8. The monoisotopic (exact) mass is 487 g/mol. The molecule has 2 aromatic carbocycles. The van der Waals surface area contributed by atoms with E-state index in [2.05, 4.69) is 26.2 Å². The molecule has 0 bridgehead atoms. The van der Waals surface area contributed by atoms with Crippen LogP contribution in [0, 0.1) is 13.8 Å². The number of benzene rings is 2. The van der Waals surface area contributed by atoms with E-state index in [4.69, 9.17) is 9.51 Å². The Kier molecular flexibility index (Phi) is 4.78. The number of fused-ring (bicyclic) bond motifs is 2. The standard InChI is InChI=1S/C30H25N5O2/c1-17-27(18(2)37-35-17)21-14-23(28-25(15-21)33-29(34-28)20-8-9-20)30(36,26-7-3-4-12-32-26)22-11-10-19-6-5-13-31-24(19)16-22/h3-7,10-16,20,36H,8-9H2,1-2H3,(H,33,34). The molecule has 7 rings (SSSR count). The number of rotatable bonds is 5. The molecular formula is C30H25N5O2. The molecule has 37 heavy (non-hydrogen) atoms. The summed E-state index contributed by atoms with van der Waals surface area (Å²) < 4.78 is 5.50. The molecule has 1 aliphatic rings. The molecule has 0 saturated heterocycles. The van der Waals surface area contributed by atoms with Gasteiger partial charge in [0.25, 0.3) is 0 Å². The Balaban J connectivity index is 1.57. The molecule has 2 N–H and O–H groups in total. The van der Waals surface area contributed by atoms with Crippen LogP contribution in [-0.2, 0) is 5.60 Å². The van der Waals surface area contributed by atoms with Crippen LogP contribution < -0.4 is 0 Å². The Labute approximate surface area is 213 Å². The smallest absolute Gasteiger partial charge is 0.159 e. The third-order valence-electron chi connectivity index (χ3n) is 7.34. The highest BCUT2D eigenvalue weighted by molar-refractivity contribution is 5.88. The van der Waals surface area contributed by atoms with E-state index in [0.29, 0.717) is 22.7 Å². The minimum Gasteiger partial charge on any atom is -0.374 e. The molecule has 0 radical (unpaired) electrons. The van der Waals surface area contributed by atoms with Crippen molar-refractivity contribution >= 4 is 21.9 Å². The van der Waals surface area contributed by atoms with Crippen LogP contribution in [0.1, 0.15) is 52.9 Å². The maximum absolute atomic E-state index is 12.8. The molecule has 4 heterocycles. The Bertz CT molecular complexity index is 1770. The lowest BCUT2D eigenvalue weighted by molar-refractivity contribution is 0.122. The fourth-order valence-electron chi connectivity index (χ4n) is 5.31. The largest absolute Gasteiger partial charge is 0.374 e. The van der Waals surface area contributed by atoms with Crippen LogP contribution in [-0.4, -0.2) is 30.2 Å². The second-order valence-corrected chi connectivity index (χ2v) is 9.85. The summed E-state index contributed by atoms with van der Waals surface area (Å²) >= 11 is 0. The molecule has 1 fully saturated rings. The van der Waals surface area contributed by atoms with E-state index in [9.17, 15) is 5.11 Å². The summed E-state index contributed by atoms with van der Waals surface area (Å²) in [6.07, 6.45) is 5.70. The van der Waals surface area contributed by atoms with Crippen LogP contribution in [0.4, 0.5) is 0 Å². The molecule has 0 aliphatic heterocycles. The van der Waals surface area contributed by atoms with E-state index in [1.807, 2.05) is 68.4 Å². The zero-order valence-corrected chi connectivity index (χ0v) is 20.6. The highest BCUT2D eigenvalue weighted by Gasteiger charge is 2.39. The number of aliphatic hydroxyl groups is 1. The molecule has 7 heteroatoms. The summed E-state index contributed by atoms with van der Waals surface area (Å²) in [5.41, 5.74) is 5.24. The van der Waals surface area contributed by atoms with Crippen molar-refractivity contribution in [2.24, 2.45) is 0 Å². The van der Waals surface area contributed by atoms with Crippen molar-refractivity contribution in [1.82, 2.24) is 25.1 Å². The molecule has 182 valence electrons. The van der Waals surface area contributed by atoms with Crippen LogP contribution >= 0.6 is 0 Å². The number of aromatic amines is 1. The molecule has 1 atom stereocenters. The van der Waals surface area contributed by atoms with E-state index in [-0.39, 0.29) is 0 Å². The Morgan fingerprint density at radius 3 is 2.59 bits per heavy atom. The summed E-state index contributed by atoms with van der Waals surface area (Å²) in [5.74, 6) is 2.10. The van der Waals surface area contributed by atoms with Gasteiger partial charge in [0.2, 0.25) is 0 Å². The average Bonchev–Trinajstić information content (AvgIpc) is 3.61. The second-order valence-electron chi connectivity index (χ2n) is 9.85. The maximum Gasteiger partial charge on any atom is 0.159 e. The number of nitrogens with one attached hydrogen (secondary N) is 1. The average molecular weight is 488 g/mol. The van der Waals surface area contributed by atoms with Gasteiger partial charge in [0.1, 0.15) is 11.6 Å². The first-order valence-electron chi connectivity index (χ1n) is 12.5. The predicted octanol–water partition coefficient (Wildman–Crippen LogP) is 5.94. The lowest BCUT2D eigenvalue weighted by Crippen LogP contribution is -2.30. The third kappa shape index (κ3) is 3.46. The number of hydrogen-bond donors (Lipinski definition) is 2. The topological polar surface area (TPSA) is 101 Å². The van der Waals surface area contributed by atoms with Crippen LogP contribution in [0.25, 0.3) is 33.1 Å². The number of pyridine rings is 2. The summed E-state index contributed by atoms with van der Waals surface area (Å²) in [5, 5.41) is 18.0. The first-order chi connectivity index (χ1) is 18.0. The number of imidazole rings is 1. The number of aromatic nitrogens is 5. The second kappa shape index (κ2) is 8.08. The Morgan fingerprint density at radius 1 is 0.973 bits per heavy atom. The molecular weight excluding hydrogens is 462 g/mol. The van der Waals surface area contributed by atoms with Gasteiger partial charge in [0.15, 0.2) is 5.60 Å². The van der Waals surface area contributed by atoms with Crippen LogP contribution in [0.15, 0.2) is 77.6 Å². The highest BCUT2D eigenvalue weighted by Crippen LogP contribution is 2.44. The van der Waals surface area contributed by atoms with Gasteiger partial charge in [-0.3, -0.25) is 9.97 Å². The van der Waals surface area contributed by atoms with Gasteiger partial charge in [0, 0.05) is 34.8 Å². The van der Waals surface area contributed by atoms with Gasteiger partial charge in [-0.2, -0.15) is 0 Å². The van der Waals surface area contributed by atoms with E-state index in [1.54, 1.807) is 12.4 Å². The van der Waals surface area contributed by atoms with Gasteiger partial charge in [-0.1, -0.05) is 29.4 Å². The first kappa shape index (κ1) is 21.9. The molecule has 1 saturated carbocycles. The summed E-state index contributed by atoms with van der Waals surface area (Å²) in [6.45, 7) is 3.83. The summed E-state index contributed by atoms with van der Waals surface area (Å²) in [4.78, 5) is 17.7. The van der Waals surface area contributed by atoms with Gasteiger partial charge in [0.05, 0.1) is 27.9 Å². The zero-order valence-electron chi connectivity index (χ0n) is 20.6. The Hall–Kier alpha value is -4.36. The van der Waals surface area contributed by atoms with Crippen LogP contribution in [0.2, 0.25) is 0 Å². The fourth-order valence-corrected chi connectivity index (χ4v) is 5.31. The van der Waals surface area contributed by atoms with Gasteiger partial charge >= 0.3 is 0 Å². The molecule has 0 amide bonds. The highest BCUT2D eigenvalue weighted by atomic mass is 16.5. The van der Waals surface area contributed by atoms with Crippen molar-refractivity contribution in [3.05, 3.63) is 107 Å². The van der Waals surface area contributed by atoms with Gasteiger partial charge in [-0.25, -0.2) is 4.98 Å². The van der Waals surface area contributed by atoms with Crippen LogP contribution in [0.3, 0.4) is 0 Å². The molecule has 1 unspecified atom stereocenters. The quantitative estimate of drug-likeness (QED) is 0.312. The fraction of sp³-hybridized carbons (Fsp3) is 0.200. The number of aryl methyl sites for hydroxylation is 2. The molecule has 6 aromatic rings. The van der Waals surface area contributed by atoms with Crippen LogP contribution in [0.5, 0.6) is 0 Å². The summed E-state index contributed by atoms with van der Waals surface area (Å²) in [7, 11) is 0. The number of H-pyrrole nitrogens is 1. The van der Waals surface area contributed by atoms with Gasteiger partial charge in [-0.15, -0.1) is 0 Å². The van der Waals surface area contributed by atoms with E-state index < -0.39 is 5.60 Å². The normalized spacial score (nSPS) is 15.3. The molecule has 7 nitrogen and oxygen atoms in total. The van der Waals surface area contributed by atoms with E-state index in [1.165, 1.54) is 0 Å².